The molecular weight excluding hydrogens is 278 g/mol. The molecule has 5 nitrogen and oxygen atoms in total. The van der Waals surface area contributed by atoms with Gasteiger partial charge in [0.05, 0.1) is 0 Å². The molecular formula is C17H27N3O2. The zero-order chi connectivity index (χ0) is 16.4. The molecule has 1 fully saturated rings. The van der Waals surface area contributed by atoms with Crippen LogP contribution in [0.1, 0.15) is 52.9 Å². The van der Waals surface area contributed by atoms with Gasteiger partial charge in [-0.2, -0.15) is 0 Å². The van der Waals surface area contributed by atoms with Crippen molar-refractivity contribution in [2.45, 2.75) is 34.6 Å². The molecule has 5 heteroatoms. The highest BCUT2D eigenvalue weighted by Crippen LogP contribution is 2.20. The number of rotatable bonds is 4. The Hall–Kier alpha value is -1.62. The van der Waals surface area contributed by atoms with E-state index >= 15 is 0 Å². The third-order valence-corrected chi connectivity index (χ3v) is 4.29. The first-order valence-electron chi connectivity index (χ1n) is 8.03. The third-order valence-electron chi connectivity index (χ3n) is 4.29. The summed E-state index contributed by atoms with van der Waals surface area (Å²) in [4.78, 5) is 31.8. The van der Waals surface area contributed by atoms with Crippen LogP contribution in [0.4, 0.5) is 0 Å². The number of aryl methyl sites for hydroxylation is 1. The molecule has 1 N–H and O–H groups in total. The van der Waals surface area contributed by atoms with Crippen LogP contribution in [0.2, 0.25) is 0 Å². The number of hydrogen-bond acceptors (Lipinski definition) is 3. The highest BCUT2D eigenvalue weighted by Gasteiger charge is 2.26. The number of nitrogens with one attached hydrogen (secondary N) is 1. The minimum absolute atomic E-state index is 0.00653. The average molecular weight is 305 g/mol. The highest BCUT2D eigenvalue weighted by atomic mass is 16.2. The highest BCUT2D eigenvalue weighted by molar-refractivity contribution is 6.02. The van der Waals surface area contributed by atoms with Crippen LogP contribution in [0.3, 0.4) is 0 Å². The first-order valence-corrected chi connectivity index (χ1v) is 8.03. The van der Waals surface area contributed by atoms with Crippen LogP contribution < -0.4 is 0 Å². The number of piperazine rings is 1. The molecule has 122 valence electrons. The third kappa shape index (κ3) is 3.40. The number of aromatic nitrogens is 1. The van der Waals surface area contributed by atoms with Gasteiger partial charge in [-0.05, 0) is 32.3 Å². The molecule has 0 bridgehead atoms. The molecule has 2 rings (SSSR count). The molecule has 1 aliphatic heterocycles. The van der Waals surface area contributed by atoms with Crippen molar-refractivity contribution in [1.82, 2.24) is 14.8 Å². The van der Waals surface area contributed by atoms with Gasteiger partial charge in [-0.3, -0.25) is 14.5 Å². The summed E-state index contributed by atoms with van der Waals surface area (Å²) in [5.74, 6) is 0.665. The Kier molecular flexibility index (Phi) is 5.06. The Balaban J connectivity index is 2.08. The van der Waals surface area contributed by atoms with Gasteiger partial charge >= 0.3 is 0 Å². The summed E-state index contributed by atoms with van der Waals surface area (Å²) in [5.41, 5.74) is 2.79. The summed E-state index contributed by atoms with van der Waals surface area (Å²) in [7, 11) is 0. The fourth-order valence-corrected chi connectivity index (χ4v) is 3.30. The Labute approximate surface area is 132 Å². The van der Waals surface area contributed by atoms with E-state index in [2.05, 4.69) is 23.7 Å². The Morgan fingerprint density at radius 3 is 2.18 bits per heavy atom. The number of aromatic amines is 1. The summed E-state index contributed by atoms with van der Waals surface area (Å²) in [6.07, 6.45) is 0. The zero-order valence-electron chi connectivity index (χ0n) is 14.3. The number of nitrogens with zero attached hydrogens (tertiary/aromatic N) is 2. The Bertz CT molecular complexity index is 567. The molecule has 0 aromatic carbocycles. The standard InChI is InChI=1S/C17H27N3O2/c1-11(2)10-19-6-8-20(9-7-19)17(22)16-12(3)15(14(5)21)13(4)18-16/h11,18H,6-10H2,1-5H3. The van der Waals surface area contributed by atoms with Crippen molar-refractivity contribution in [3.8, 4) is 0 Å². The lowest BCUT2D eigenvalue weighted by Crippen LogP contribution is -2.49. The lowest BCUT2D eigenvalue weighted by molar-refractivity contribution is 0.0618. The lowest BCUT2D eigenvalue weighted by Gasteiger charge is -2.35. The zero-order valence-corrected chi connectivity index (χ0v) is 14.3. The van der Waals surface area contributed by atoms with Crippen LogP contribution in [0.15, 0.2) is 0 Å². The largest absolute Gasteiger partial charge is 0.354 e. The molecule has 1 aliphatic rings. The van der Waals surface area contributed by atoms with Crippen LogP contribution in [-0.4, -0.2) is 59.2 Å². The van der Waals surface area contributed by atoms with Crippen molar-refractivity contribution in [2.75, 3.05) is 32.7 Å². The topological polar surface area (TPSA) is 56.4 Å². The van der Waals surface area contributed by atoms with Crippen molar-refractivity contribution >= 4 is 11.7 Å². The van der Waals surface area contributed by atoms with Crippen molar-refractivity contribution in [3.63, 3.8) is 0 Å². The van der Waals surface area contributed by atoms with Gasteiger partial charge in [0, 0.05) is 44.0 Å². The van der Waals surface area contributed by atoms with E-state index in [4.69, 9.17) is 0 Å². The van der Waals surface area contributed by atoms with Gasteiger partial charge in [0.15, 0.2) is 5.78 Å². The smallest absolute Gasteiger partial charge is 0.270 e. The Morgan fingerprint density at radius 1 is 1.14 bits per heavy atom. The van der Waals surface area contributed by atoms with E-state index in [-0.39, 0.29) is 11.7 Å². The van der Waals surface area contributed by atoms with E-state index in [9.17, 15) is 9.59 Å². The fourth-order valence-electron chi connectivity index (χ4n) is 3.30. The summed E-state index contributed by atoms with van der Waals surface area (Å²) in [6, 6.07) is 0. The number of ketones is 1. The van der Waals surface area contributed by atoms with Crippen LogP contribution in [0.25, 0.3) is 0 Å². The number of Topliss-reactive ketones (excluding diaryl/α,β-unsaturated/α-hetero) is 1. The minimum atomic E-state index is 0.00653. The van der Waals surface area contributed by atoms with Crippen LogP contribution in [0.5, 0.6) is 0 Å². The monoisotopic (exact) mass is 305 g/mol. The van der Waals surface area contributed by atoms with E-state index in [1.54, 1.807) is 6.92 Å². The van der Waals surface area contributed by atoms with E-state index in [1.807, 2.05) is 18.7 Å². The summed E-state index contributed by atoms with van der Waals surface area (Å²) in [6.45, 7) is 14.1. The maximum atomic E-state index is 12.7. The molecule has 0 saturated carbocycles. The lowest BCUT2D eigenvalue weighted by atomic mass is 10.1. The van der Waals surface area contributed by atoms with Gasteiger partial charge in [-0.25, -0.2) is 0 Å². The molecule has 0 atom stereocenters. The van der Waals surface area contributed by atoms with Crippen LogP contribution in [0, 0.1) is 19.8 Å². The number of hydrogen-bond donors (Lipinski definition) is 1. The Morgan fingerprint density at radius 2 is 1.73 bits per heavy atom. The van der Waals surface area contributed by atoms with Gasteiger partial charge in [0.1, 0.15) is 5.69 Å². The molecule has 1 saturated heterocycles. The number of amides is 1. The SMILES string of the molecule is CC(=O)c1c(C)[nH]c(C(=O)N2CCN(CC(C)C)CC2)c1C. The van der Waals surface area contributed by atoms with Gasteiger partial charge in [-0.1, -0.05) is 13.8 Å². The normalized spacial score (nSPS) is 16.4. The van der Waals surface area contributed by atoms with Crippen LogP contribution >= 0.6 is 0 Å². The van der Waals surface area contributed by atoms with E-state index in [0.29, 0.717) is 17.2 Å². The number of H-pyrrole nitrogens is 1. The second-order valence-corrected chi connectivity index (χ2v) is 6.67. The van der Waals surface area contributed by atoms with Gasteiger partial charge in [0.2, 0.25) is 0 Å². The number of carbonyl (C=O) groups is 2. The molecule has 0 spiro atoms. The van der Waals surface area contributed by atoms with E-state index in [1.165, 1.54) is 0 Å². The predicted octanol–water partition coefficient (Wildman–Crippen LogP) is 2.25. The van der Waals surface area contributed by atoms with Gasteiger partial charge in [-0.15, -0.1) is 0 Å². The first kappa shape index (κ1) is 16.7. The van der Waals surface area contributed by atoms with Gasteiger partial charge in [0.25, 0.3) is 5.91 Å². The molecule has 1 aromatic heterocycles. The van der Waals surface area contributed by atoms with Crippen molar-refractivity contribution in [1.29, 1.82) is 0 Å². The minimum Gasteiger partial charge on any atom is -0.354 e. The van der Waals surface area contributed by atoms with E-state index in [0.717, 1.165) is 44.0 Å². The van der Waals surface area contributed by atoms with Crippen molar-refractivity contribution in [2.24, 2.45) is 5.92 Å². The molecule has 0 aliphatic carbocycles. The van der Waals surface area contributed by atoms with Crippen molar-refractivity contribution < 1.29 is 9.59 Å². The summed E-state index contributed by atoms with van der Waals surface area (Å²) >= 11 is 0. The summed E-state index contributed by atoms with van der Waals surface area (Å²) < 4.78 is 0. The molecule has 0 unspecified atom stereocenters. The molecule has 0 radical (unpaired) electrons. The molecule has 2 heterocycles. The first-order chi connectivity index (χ1) is 10.3. The molecule has 1 amide bonds. The maximum absolute atomic E-state index is 12.7. The second-order valence-electron chi connectivity index (χ2n) is 6.67. The predicted molar refractivity (Wildman–Crippen MR) is 87.5 cm³/mol. The van der Waals surface area contributed by atoms with E-state index < -0.39 is 0 Å². The van der Waals surface area contributed by atoms with Crippen LogP contribution in [-0.2, 0) is 0 Å². The average Bonchev–Trinajstić information content (AvgIpc) is 2.73. The van der Waals surface area contributed by atoms with Gasteiger partial charge < -0.3 is 9.88 Å². The number of carbonyl (C=O) groups excluding carboxylic acids is 2. The summed E-state index contributed by atoms with van der Waals surface area (Å²) in [5, 5.41) is 0. The molecule has 22 heavy (non-hydrogen) atoms. The quantitative estimate of drug-likeness (QED) is 0.868. The fraction of sp³-hybridized carbons (Fsp3) is 0.647. The second kappa shape index (κ2) is 6.65. The van der Waals surface area contributed by atoms with Crippen molar-refractivity contribution in [3.05, 3.63) is 22.5 Å². The molecule has 1 aromatic rings. The maximum Gasteiger partial charge on any atom is 0.270 e.